The Hall–Kier alpha value is -2.27. The lowest BCUT2D eigenvalue weighted by Gasteiger charge is -2.26. The second kappa shape index (κ2) is 9.89. The van der Waals surface area contributed by atoms with Gasteiger partial charge in [0.05, 0.1) is 26.0 Å². The fourth-order valence-corrected chi connectivity index (χ4v) is 2.51. The van der Waals surface area contributed by atoms with Crippen molar-refractivity contribution < 1.29 is 14.3 Å². The molecule has 0 atom stereocenters. The number of anilines is 1. The maximum atomic E-state index is 12.1. The zero-order valence-corrected chi connectivity index (χ0v) is 14.8. The Morgan fingerprint density at radius 1 is 1.48 bits per heavy atom. The normalized spacial score (nSPS) is 15.3. The highest BCUT2D eigenvalue weighted by Gasteiger charge is 2.12. The minimum Gasteiger partial charge on any atom is -0.495 e. The SMILES string of the molecule is COc1ccc(Cl)cc1N/C=C(/C#N)C(=O)NCCN1CCOCC1. The summed E-state index contributed by atoms with van der Waals surface area (Å²) in [6.07, 6.45) is 1.35. The van der Waals surface area contributed by atoms with Crippen LogP contribution in [0.1, 0.15) is 0 Å². The van der Waals surface area contributed by atoms with Crippen LogP contribution in [0.5, 0.6) is 5.75 Å². The summed E-state index contributed by atoms with van der Waals surface area (Å²) in [5, 5.41) is 15.4. The Labute approximate surface area is 152 Å². The van der Waals surface area contributed by atoms with Crippen LogP contribution in [-0.2, 0) is 9.53 Å². The standard InChI is InChI=1S/C17H21ClN4O3/c1-24-16-3-2-14(18)10-15(16)21-12-13(11-19)17(23)20-4-5-22-6-8-25-9-7-22/h2-3,10,12,21H,4-9H2,1H3,(H,20,23)/b13-12-. The Kier molecular flexibility index (Phi) is 7.54. The summed E-state index contributed by atoms with van der Waals surface area (Å²) < 4.78 is 10.5. The van der Waals surface area contributed by atoms with Crippen LogP contribution in [0.2, 0.25) is 5.02 Å². The smallest absolute Gasteiger partial charge is 0.263 e. The molecule has 0 unspecified atom stereocenters. The first-order chi connectivity index (χ1) is 12.1. The maximum Gasteiger partial charge on any atom is 0.263 e. The van der Waals surface area contributed by atoms with Gasteiger partial charge in [-0.3, -0.25) is 9.69 Å². The lowest BCUT2D eigenvalue weighted by atomic mass is 10.2. The third-order valence-corrected chi connectivity index (χ3v) is 3.95. The van der Waals surface area contributed by atoms with Gasteiger partial charge in [0.1, 0.15) is 17.4 Å². The number of morpholine rings is 1. The molecular weight excluding hydrogens is 344 g/mol. The second-order valence-electron chi connectivity index (χ2n) is 5.37. The number of nitrogens with one attached hydrogen (secondary N) is 2. The molecule has 1 aliphatic rings. The van der Waals surface area contributed by atoms with Crippen LogP contribution in [0.25, 0.3) is 0 Å². The van der Waals surface area contributed by atoms with Crippen molar-refractivity contribution in [2.45, 2.75) is 0 Å². The number of rotatable bonds is 7. The van der Waals surface area contributed by atoms with E-state index in [4.69, 9.17) is 21.1 Å². The molecule has 25 heavy (non-hydrogen) atoms. The molecule has 0 radical (unpaired) electrons. The number of hydrogen-bond donors (Lipinski definition) is 2. The molecule has 0 bridgehead atoms. The minimum atomic E-state index is -0.427. The summed E-state index contributed by atoms with van der Waals surface area (Å²) in [6.45, 7) is 4.33. The van der Waals surface area contributed by atoms with E-state index in [1.807, 2.05) is 6.07 Å². The van der Waals surface area contributed by atoms with Crippen molar-refractivity contribution in [2.75, 3.05) is 51.8 Å². The molecule has 0 aromatic heterocycles. The van der Waals surface area contributed by atoms with E-state index in [0.717, 1.165) is 19.6 Å². The Bertz CT molecular complexity index is 666. The number of carbonyl (C=O) groups excluding carboxylic acids is 1. The van der Waals surface area contributed by atoms with E-state index in [1.54, 1.807) is 18.2 Å². The van der Waals surface area contributed by atoms with Gasteiger partial charge in [0, 0.05) is 37.4 Å². The highest BCUT2D eigenvalue weighted by atomic mass is 35.5. The Morgan fingerprint density at radius 2 is 2.24 bits per heavy atom. The molecule has 7 nitrogen and oxygen atoms in total. The largest absolute Gasteiger partial charge is 0.495 e. The molecule has 1 heterocycles. The van der Waals surface area contributed by atoms with Crippen LogP contribution in [0.3, 0.4) is 0 Å². The molecule has 0 spiro atoms. The lowest BCUT2D eigenvalue weighted by molar-refractivity contribution is -0.117. The fourth-order valence-electron chi connectivity index (χ4n) is 2.34. The van der Waals surface area contributed by atoms with Crippen molar-refractivity contribution in [3.8, 4) is 11.8 Å². The molecule has 0 aliphatic carbocycles. The molecule has 8 heteroatoms. The average molecular weight is 365 g/mol. The fraction of sp³-hybridized carbons (Fsp3) is 0.412. The van der Waals surface area contributed by atoms with E-state index in [-0.39, 0.29) is 5.57 Å². The highest BCUT2D eigenvalue weighted by molar-refractivity contribution is 6.30. The van der Waals surface area contributed by atoms with Gasteiger partial charge in [0.15, 0.2) is 0 Å². The van der Waals surface area contributed by atoms with Gasteiger partial charge in [-0.25, -0.2) is 0 Å². The van der Waals surface area contributed by atoms with Gasteiger partial charge in [-0.05, 0) is 18.2 Å². The van der Waals surface area contributed by atoms with E-state index in [9.17, 15) is 10.1 Å². The number of amides is 1. The van der Waals surface area contributed by atoms with Crippen LogP contribution < -0.4 is 15.4 Å². The van der Waals surface area contributed by atoms with Gasteiger partial charge < -0.3 is 20.1 Å². The van der Waals surface area contributed by atoms with Gasteiger partial charge in [0.2, 0.25) is 0 Å². The highest BCUT2D eigenvalue weighted by Crippen LogP contribution is 2.27. The number of benzene rings is 1. The molecule has 2 N–H and O–H groups in total. The van der Waals surface area contributed by atoms with Crippen LogP contribution in [0.4, 0.5) is 5.69 Å². The van der Waals surface area contributed by atoms with Crippen molar-refractivity contribution in [3.63, 3.8) is 0 Å². The summed E-state index contributed by atoms with van der Waals surface area (Å²) in [5.41, 5.74) is 0.549. The summed E-state index contributed by atoms with van der Waals surface area (Å²) >= 11 is 5.95. The van der Waals surface area contributed by atoms with E-state index in [0.29, 0.717) is 36.2 Å². The molecule has 1 saturated heterocycles. The number of nitrogens with zero attached hydrogens (tertiary/aromatic N) is 2. The summed E-state index contributed by atoms with van der Waals surface area (Å²) in [7, 11) is 1.53. The second-order valence-corrected chi connectivity index (χ2v) is 5.81. The zero-order chi connectivity index (χ0) is 18.1. The summed E-state index contributed by atoms with van der Waals surface area (Å²) in [6, 6.07) is 6.94. The molecule has 1 aromatic rings. The molecule has 1 amide bonds. The quantitative estimate of drug-likeness (QED) is 0.564. The lowest BCUT2D eigenvalue weighted by Crippen LogP contribution is -2.41. The van der Waals surface area contributed by atoms with Crippen molar-refractivity contribution in [1.29, 1.82) is 5.26 Å². The van der Waals surface area contributed by atoms with E-state index < -0.39 is 5.91 Å². The van der Waals surface area contributed by atoms with E-state index >= 15 is 0 Å². The number of halogens is 1. The summed E-state index contributed by atoms with van der Waals surface area (Å²) in [5.74, 6) is 0.134. The average Bonchev–Trinajstić information content (AvgIpc) is 2.63. The maximum absolute atomic E-state index is 12.1. The van der Waals surface area contributed by atoms with Crippen LogP contribution in [0.15, 0.2) is 30.0 Å². The van der Waals surface area contributed by atoms with Crippen LogP contribution in [0, 0.1) is 11.3 Å². The van der Waals surface area contributed by atoms with Gasteiger partial charge >= 0.3 is 0 Å². The molecule has 1 fully saturated rings. The number of ether oxygens (including phenoxy) is 2. The van der Waals surface area contributed by atoms with Gasteiger partial charge in [0.25, 0.3) is 5.91 Å². The molecular formula is C17H21ClN4O3. The number of methoxy groups -OCH3 is 1. The van der Waals surface area contributed by atoms with Crippen LogP contribution >= 0.6 is 11.6 Å². The zero-order valence-electron chi connectivity index (χ0n) is 14.0. The van der Waals surface area contributed by atoms with Crippen molar-refractivity contribution in [1.82, 2.24) is 10.2 Å². The van der Waals surface area contributed by atoms with Crippen molar-refractivity contribution in [3.05, 3.63) is 35.0 Å². The van der Waals surface area contributed by atoms with Crippen LogP contribution in [-0.4, -0.2) is 57.3 Å². The molecule has 1 aliphatic heterocycles. The molecule has 1 aromatic carbocycles. The van der Waals surface area contributed by atoms with E-state index in [1.165, 1.54) is 13.3 Å². The number of carbonyl (C=O) groups is 1. The van der Waals surface area contributed by atoms with Gasteiger partial charge in [-0.15, -0.1) is 0 Å². The third kappa shape index (κ3) is 5.94. The van der Waals surface area contributed by atoms with E-state index in [2.05, 4.69) is 15.5 Å². The molecule has 2 rings (SSSR count). The Balaban J connectivity index is 1.89. The molecule has 0 saturated carbocycles. The summed E-state index contributed by atoms with van der Waals surface area (Å²) in [4.78, 5) is 14.3. The number of nitriles is 1. The third-order valence-electron chi connectivity index (χ3n) is 3.72. The van der Waals surface area contributed by atoms with Gasteiger partial charge in [-0.2, -0.15) is 5.26 Å². The predicted octanol–water partition coefficient (Wildman–Crippen LogP) is 1.62. The van der Waals surface area contributed by atoms with Gasteiger partial charge in [-0.1, -0.05) is 11.6 Å². The molecule has 134 valence electrons. The topological polar surface area (TPSA) is 86.6 Å². The van der Waals surface area contributed by atoms with Crippen molar-refractivity contribution in [2.24, 2.45) is 0 Å². The first kappa shape index (κ1) is 19.1. The van der Waals surface area contributed by atoms with Crippen molar-refractivity contribution >= 4 is 23.2 Å². The Morgan fingerprint density at radius 3 is 2.92 bits per heavy atom. The number of hydrogen-bond acceptors (Lipinski definition) is 6. The monoisotopic (exact) mass is 364 g/mol. The first-order valence-electron chi connectivity index (χ1n) is 7.92. The first-order valence-corrected chi connectivity index (χ1v) is 8.30. The predicted molar refractivity (Wildman–Crippen MR) is 95.6 cm³/mol. The minimum absolute atomic E-state index is 0.0241.